The van der Waals surface area contributed by atoms with Crippen molar-refractivity contribution in [2.24, 2.45) is 17.3 Å². The zero-order chi connectivity index (χ0) is 14.0. The summed E-state index contributed by atoms with van der Waals surface area (Å²) >= 11 is 0. The van der Waals surface area contributed by atoms with Gasteiger partial charge in [-0.3, -0.25) is 4.79 Å². The summed E-state index contributed by atoms with van der Waals surface area (Å²) in [5.41, 5.74) is -0.380. The van der Waals surface area contributed by atoms with Gasteiger partial charge in [0.25, 0.3) is 0 Å². The Hall–Kier alpha value is -0.570. The Morgan fingerprint density at radius 3 is 2.17 bits per heavy atom. The van der Waals surface area contributed by atoms with Gasteiger partial charge in [0.15, 0.2) is 0 Å². The lowest BCUT2D eigenvalue weighted by Gasteiger charge is -2.42. The highest BCUT2D eigenvalue weighted by Crippen LogP contribution is 2.41. The molecule has 1 aliphatic rings. The third-order valence-electron chi connectivity index (χ3n) is 4.32. The first kappa shape index (κ1) is 15.5. The van der Waals surface area contributed by atoms with Crippen molar-refractivity contribution in [3.63, 3.8) is 0 Å². The number of carboxylic acids is 1. The van der Waals surface area contributed by atoms with Gasteiger partial charge in [0.1, 0.15) is 5.54 Å². The molecule has 1 aliphatic carbocycles. The van der Waals surface area contributed by atoms with Crippen LogP contribution in [0.4, 0.5) is 0 Å². The molecule has 0 radical (unpaired) electrons. The highest BCUT2D eigenvalue weighted by molar-refractivity contribution is 5.78. The number of aliphatic carboxylic acids is 1. The third-order valence-corrected chi connectivity index (χ3v) is 4.32. The van der Waals surface area contributed by atoms with Gasteiger partial charge in [0.2, 0.25) is 0 Å². The van der Waals surface area contributed by atoms with E-state index in [2.05, 4.69) is 39.9 Å². The van der Waals surface area contributed by atoms with E-state index in [1.165, 1.54) is 0 Å². The van der Waals surface area contributed by atoms with Crippen molar-refractivity contribution in [2.75, 3.05) is 6.54 Å². The van der Waals surface area contributed by atoms with Gasteiger partial charge < -0.3 is 10.4 Å². The maximum atomic E-state index is 11.6. The Morgan fingerprint density at radius 2 is 1.83 bits per heavy atom. The van der Waals surface area contributed by atoms with E-state index < -0.39 is 11.5 Å². The summed E-state index contributed by atoms with van der Waals surface area (Å²) < 4.78 is 0. The smallest absolute Gasteiger partial charge is 0.323 e. The number of nitrogens with one attached hydrogen (secondary N) is 1. The van der Waals surface area contributed by atoms with Gasteiger partial charge in [0, 0.05) is 0 Å². The number of carbonyl (C=O) groups is 1. The van der Waals surface area contributed by atoms with Gasteiger partial charge in [-0.15, -0.1) is 0 Å². The maximum absolute atomic E-state index is 11.6. The van der Waals surface area contributed by atoms with Crippen molar-refractivity contribution in [2.45, 2.75) is 65.8 Å². The molecule has 18 heavy (non-hydrogen) atoms. The zero-order valence-electron chi connectivity index (χ0n) is 12.5. The average molecular weight is 255 g/mol. The van der Waals surface area contributed by atoms with E-state index in [9.17, 15) is 9.90 Å². The fraction of sp³-hybridized carbons (Fsp3) is 0.933. The Kier molecular flexibility index (Phi) is 4.82. The molecule has 0 saturated heterocycles. The third kappa shape index (κ3) is 3.71. The Bertz CT molecular complexity index is 283. The van der Waals surface area contributed by atoms with Crippen LogP contribution < -0.4 is 5.32 Å². The molecule has 0 aromatic heterocycles. The molecule has 0 unspecified atom stereocenters. The Morgan fingerprint density at radius 1 is 1.33 bits per heavy atom. The van der Waals surface area contributed by atoms with Crippen molar-refractivity contribution < 1.29 is 9.90 Å². The minimum absolute atomic E-state index is 0.294. The van der Waals surface area contributed by atoms with Gasteiger partial charge in [-0.25, -0.2) is 0 Å². The van der Waals surface area contributed by atoms with Crippen molar-refractivity contribution in [1.82, 2.24) is 5.32 Å². The van der Waals surface area contributed by atoms with Gasteiger partial charge >= 0.3 is 5.97 Å². The molecule has 0 atom stereocenters. The quantitative estimate of drug-likeness (QED) is 0.810. The number of hydrogen-bond acceptors (Lipinski definition) is 2. The maximum Gasteiger partial charge on any atom is 0.323 e. The van der Waals surface area contributed by atoms with Crippen LogP contribution in [0.1, 0.15) is 60.3 Å². The van der Waals surface area contributed by atoms with Crippen LogP contribution in [-0.4, -0.2) is 23.2 Å². The van der Waals surface area contributed by atoms with Crippen LogP contribution in [0.15, 0.2) is 0 Å². The van der Waals surface area contributed by atoms with E-state index >= 15 is 0 Å². The zero-order valence-corrected chi connectivity index (χ0v) is 12.5. The second kappa shape index (κ2) is 5.60. The van der Waals surface area contributed by atoms with Crippen molar-refractivity contribution in [3.05, 3.63) is 0 Å². The van der Waals surface area contributed by atoms with Crippen LogP contribution in [0.3, 0.4) is 0 Å². The highest BCUT2D eigenvalue weighted by atomic mass is 16.4. The topological polar surface area (TPSA) is 49.3 Å². The Balaban J connectivity index is 2.66. The molecule has 1 saturated carbocycles. The monoisotopic (exact) mass is 255 g/mol. The van der Waals surface area contributed by atoms with E-state index in [4.69, 9.17) is 0 Å². The van der Waals surface area contributed by atoms with Crippen LogP contribution in [0.5, 0.6) is 0 Å². The summed E-state index contributed by atoms with van der Waals surface area (Å²) in [6, 6.07) is 0. The van der Waals surface area contributed by atoms with Gasteiger partial charge in [0.05, 0.1) is 0 Å². The van der Waals surface area contributed by atoms with Crippen LogP contribution in [-0.2, 0) is 4.79 Å². The summed E-state index contributed by atoms with van der Waals surface area (Å²) in [4.78, 5) is 11.6. The minimum Gasteiger partial charge on any atom is -0.480 e. The van der Waals surface area contributed by atoms with Crippen molar-refractivity contribution in [3.8, 4) is 0 Å². The van der Waals surface area contributed by atoms with Gasteiger partial charge in [-0.2, -0.15) is 0 Å². The molecule has 106 valence electrons. The van der Waals surface area contributed by atoms with E-state index in [-0.39, 0.29) is 0 Å². The molecule has 0 aliphatic heterocycles. The van der Waals surface area contributed by atoms with E-state index in [0.717, 1.165) is 32.2 Å². The largest absolute Gasteiger partial charge is 0.480 e. The summed E-state index contributed by atoms with van der Waals surface area (Å²) in [5.74, 6) is 0.461. The molecular weight excluding hydrogens is 226 g/mol. The molecule has 0 aromatic carbocycles. The van der Waals surface area contributed by atoms with Crippen LogP contribution in [0.2, 0.25) is 0 Å². The normalized spacial score (nSPS) is 29.6. The number of rotatable bonds is 4. The molecule has 0 amide bonds. The minimum atomic E-state index is -0.675. The van der Waals surface area contributed by atoms with Crippen LogP contribution in [0, 0.1) is 17.3 Å². The lowest BCUT2D eigenvalue weighted by molar-refractivity contribution is -0.147. The molecular formula is C15H29NO2. The summed E-state index contributed by atoms with van der Waals surface area (Å²) in [6.45, 7) is 11.8. The highest BCUT2D eigenvalue weighted by Gasteiger charge is 2.43. The average Bonchev–Trinajstić information content (AvgIpc) is 2.25. The molecule has 0 bridgehead atoms. The Labute approximate surface area is 111 Å². The number of carboxylic acid groups (broad SMARTS) is 1. The SMILES string of the molecule is CC(C)CNC1(C(=O)O)CCC(C(C)(C)C)CC1. The standard InChI is InChI=1S/C15H29NO2/c1-11(2)10-16-15(13(17)18)8-6-12(7-9-15)14(3,4)5/h11-12,16H,6-10H2,1-5H3,(H,17,18). The molecule has 0 spiro atoms. The van der Waals surface area contributed by atoms with Crippen molar-refractivity contribution >= 4 is 5.97 Å². The lowest BCUT2D eigenvalue weighted by atomic mass is 9.67. The van der Waals surface area contributed by atoms with E-state index in [1.807, 2.05) is 0 Å². The summed E-state index contributed by atoms with van der Waals surface area (Å²) in [6.07, 6.45) is 3.55. The number of hydrogen-bond donors (Lipinski definition) is 2. The first-order valence-corrected chi connectivity index (χ1v) is 7.16. The second-order valence-corrected chi connectivity index (χ2v) is 7.30. The van der Waals surface area contributed by atoms with Crippen molar-refractivity contribution in [1.29, 1.82) is 0 Å². The van der Waals surface area contributed by atoms with Gasteiger partial charge in [-0.05, 0) is 49.5 Å². The first-order valence-electron chi connectivity index (χ1n) is 7.16. The lowest BCUT2D eigenvalue weighted by Crippen LogP contribution is -2.55. The predicted octanol–water partition coefficient (Wildman–Crippen LogP) is 3.29. The molecule has 0 aromatic rings. The molecule has 3 nitrogen and oxygen atoms in total. The molecule has 2 N–H and O–H groups in total. The first-order chi connectivity index (χ1) is 8.17. The molecule has 1 rings (SSSR count). The molecule has 1 fully saturated rings. The fourth-order valence-corrected chi connectivity index (χ4v) is 2.84. The van der Waals surface area contributed by atoms with E-state index in [0.29, 0.717) is 17.3 Å². The van der Waals surface area contributed by atoms with Crippen LogP contribution in [0.25, 0.3) is 0 Å². The second-order valence-electron chi connectivity index (χ2n) is 7.30. The van der Waals surface area contributed by atoms with E-state index in [1.54, 1.807) is 0 Å². The molecule has 0 heterocycles. The molecule has 3 heteroatoms. The predicted molar refractivity (Wildman–Crippen MR) is 74.6 cm³/mol. The van der Waals surface area contributed by atoms with Gasteiger partial charge in [-0.1, -0.05) is 34.6 Å². The summed E-state index contributed by atoms with van der Waals surface area (Å²) in [5, 5.41) is 12.8. The summed E-state index contributed by atoms with van der Waals surface area (Å²) in [7, 11) is 0. The fourth-order valence-electron chi connectivity index (χ4n) is 2.84. The van der Waals surface area contributed by atoms with Crippen LogP contribution >= 0.6 is 0 Å².